The maximum atomic E-state index is 13.0. The molecule has 1 aromatic carbocycles. The molecule has 3 rings (SSSR count). The molecule has 26 heavy (non-hydrogen) atoms. The van der Waals surface area contributed by atoms with Gasteiger partial charge in [-0.05, 0) is 37.0 Å². The van der Waals surface area contributed by atoms with E-state index in [-0.39, 0.29) is 30.0 Å². The van der Waals surface area contributed by atoms with Gasteiger partial charge in [0, 0.05) is 12.6 Å². The molecule has 8 heteroatoms. The van der Waals surface area contributed by atoms with Gasteiger partial charge in [0.1, 0.15) is 12.4 Å². The van der Waals surface area contributed by atoms with Gasteiger partial charge in [0.2, 0.25) is 5.91 Å². The predicted octanol–water partition coefficient (Wildman–Crippen LogP) is 2.13. The molecular formula is C18H21FN4O3. The second-order valence-electron chi connectivity index (χ2n) is 6.51. The van der Waals surface area contributed by atoms with E-state index in [1.807, 2.05) is 4.90 Å². The zero-order valence-corrected chi connectivity index (χ0v) is 14.3. The number of hydrogen-bond acceptors (Lipinski definition) is 4. The first kappa shape index (κ1) is 18.0. The standard InChI is InChI=1S/C18H21FN4O3/c19-14-7-5-13(6-8-14)9-10-23(15-3-1-2-4-15)17(24)12-22-11-16(18(25)26)20-21-22/h5-8,11,15H,1-4,9-10,12H2,(H,25,26). The van der Waals surface area contributed by atoms with Crippen molar-refractivity contribution in [2.24, 2.45) is 0 Å². The summed E-state index contributed by atoms with van der Waals surface area (Å²) in [7, 11) is 0. The van der Waals surface area contributed by atoms with Gasteiger partial charge in [0.05, 0.1) is 6.20 Å². The molecular weight excluding hydrogens is 339 g/mol. The van der Waals surface area contributed by atoms with Gasteiger partial charge >= 0.3 is 5.97 Å². The third-order valence-electron chi connectivity index (χ3n) is 4.70. The Kier molecular flexibility index (Phi) is 5.60. The minimum Gasteiger partial charge on any atom is -0.476 e. The molecule has 0 atom stereocenters. The molecule has 1 heterocycles. The first-order valence-corrected chi connectivity index (χ1v) is 8.70. The Balaban J connectivity index is 1.66. The van der Waals surface area contributed by atoms with E-state index in [1.54, 1.807) is 12.1 Å². The second-order valence-corrected chi connectivity index (χ2v) is 6.51. The highest BCUT2D eigenvalue weighted by Crippen LogP contribution is 2.24. The Bertz CT molecular complexity index is 769. The number of rotatable bonds is 7. The number of carboxylic acids is 1. The summed E-state index contributed by atoms with van der Waals surface area (Å²) >= 11 is 0. The quantitative estimate of drug-likeness (QED) is 0.817. The first-order valence-electron chi connectivity index (χ1n) is 8.70. The van der Waals surface area contributed by atoms with Crippen LogP contribution in [0.4, 0.5) is 4.39 Å². The van der Waals surface area contributed by atoms with Crippen molar-refractivity contribution >= 4 is 11.9 Å². The lowest BCUT2D eigenvalue weighted by molar-refractivity contribution is -0.134. The van der Waals surface area contributed by atoms with Gasteiger partial charge in [-0.3, -0.25) is 4.79 Å². The van der Waals surface area contributed by atoms with Gasteiger partial charge in [-0.15, -0.1) is 5.10 Å². The number of carboxylic acid groups (broad SMARTS) is 1. The molecule has 0 bridgehead atoms. The number of amides is 1. The van der Waals surface area contributed by atoms with Gasteiger partial charge in [-0.25, -0.2) is 13.9 Å². The Hall–Kier alpha value is -2.77. The predicted molar refractivity (Wildman–Crippen MR) is 91.1 cm³/mol. The maximum absolute atomic E-state index is 13.0. The van der Waals surface area contributed by atoms with Gasteiger partial charge < -0.3 is 10.0 Å². The SMILES string of the molecule is O=C(O)c1cn(CC(=O)N(CCc2ccc(F)cc2)C2CCCC2)nn1. The molecule has 1 fully saturated rings. The minimum atomic E-state index is -1.17. The summed E-state index contributed by atoms with van der Waals surface area (Å²) in [6.45, 7) is 0.496. The Morgan fingerprint density at radius 1 is 1.23 bits per heavy atom. The van der Waals surface area contributed by atoms with Crippen molar-refractivity contribution in [3.63, 3.8) is 0 Å². The van der Waals surface area contributed by atoms with Crippen LogP contribution in [0.1, 0.15) is 41.7 Å². The van der Waals surface area contributed by atoms with E-state index in [0.717, 1.165) is 31.2 Å². The summed E-state index contributed by atoms with van der Waals surface area (Å²) < 4.78 is 14.3. The molecule has 138 valence electrons. The number of nitrogens with zero attached hydrogens (tertiary/aromatic N) is 4. The lowest BCUT2D eigenvalue weighted by atomic mass is 10.1. The zero-order valence-electron chi connectivity index (χ0n) is 14.3. The summed E-state index contributed by atoms with van der Waals surface area (Å²) in [6, 6.07) is 6.47. The fraction of sp³-hybridized carbons (Fsp3) is 0.444. The van der Waals surface area contributed by atoms with Gasteiger partial charge in [0.25, 0.3) is 0 Å². The van der Waals surface area contributed by atoms with Crippen LogP contribution >= 0.6 is 0 Å². The van der Waals surface area contributed by atoms with Crippen LogP contribution in [0.15, 0.2) is 30.5 Å². The average molecular weight is 360 g/mol. The lowest BCUT2D eigenvalue weighted by Crippen LogP contribution is -2.42. The number of carbonyl (C=O) groups is 2. The number of halogens is 1. The Morgan fingerprint density at radius 2 is 1.92 bits per heavy atom. The lowest BCUT2D eigenvalue weighted by Gasteiger charge is -2.29. The zero-order chi connectivity index (χ0) is 18.5. The average Bonchev–Trinajstić information content (AvgIpc) is 3.29. The third kappa shape index (κ3) is 4.44. The van der Waals surface area contributed by atoms with Crippen LogP contribution in [0.3, 0.4) is 0 Å². The van der Waals surface area contributed by atoms with Crippen LogP contribution in [0, 0.1) is 5.82 Å². The van der Waals surface area contributed by atoms with E-state index in [4.69, 9.17) is 5.11 Å². The number of carbonyl (C=O) groups excluding carboxylic acids is 1. The van der Waals surface area contributed by atoms with Crippen molar-refractivity contribution in [2.45, 2.75) is 44.7 Å². The van der Waals surface area contributed by atoms with Crippen molar-refractivity contribution in [2.75, 3.05) is 6.54 Å². The molecule has 1 amide bonds. The fourth-order valence-electron chi connectivity index (χ4n) is 3.33. The molecule has 1 N–H and O–H groups in total. The first-order chi connectivity index (χ1) is 12.5. The number of benzene rings is 1. The molecule has 2 aromatic rings. The summed E-state index contributed by atoms with van der Waals surface area (Å²) in [5.74, 6) is -1.56. The fourth-order valence-corrected chi connectivity index (χ4v) is 3.33. The molecule has 1 aliphatic carbocycles. The van der Waals surface area contributed by atoms with Crippen molar-refractivity contribution < 1.29 is 19.1 Å². The van der Waals surface area contributed by atoms with Crippen LogP contribution in [-0.2, 0) is 17.8 Å². The highest BCUT2D eigenvalue weighted by atomic mass is 19.1. The molecule has 7 nitrogen and oxygen atoms in total. The minimum absolute atomic E-state index is 0.0415. The van der Waals surface area contributed by atoms with E-state index in [2.05, 4.69) is 10.3 Å². The van der Waals surface area contributed by atoms with Crippen LogP contribution in [0.25, 0.3) is 0 Å². The van der Waals surface area contributed by atoms with Crippen LogP contribution < -0.4 is 0 Å². The highest BCUT2D eigenvalue weighted by molar-refractivity contribution is 5.84. The van der Waals surface area contributed by atoms with Gasteiger partial charge in [-0.2, -0.15) is 0 Å². The maximum Gasteiger partial charge on any atom is 0.358 e. The molecule has 1 aromatic heterocycles. The molecule has 0 unspecified atom stereocenters. The molecule has 0 saturated heterocycles. The molecule has 1 saturated carbocycles. The summed E-state index contributed by atoms with van der Waals surface area (Å²) in [5.41, 5.74) is 0.785. The third-order valence-corrected chi connectivity index (χ3v) is 4.70. The van der Waals surface area contributed by atoms with E-state index in [1.165, 1.54) is 23.0 Å². The molecule has 0 radical (unpaired) electrons. The van der Waals surface area contributed by atoms with Crippen molar-refractivity contribution in [1.29, 1.82) is 0 Å². The van der Waals surface area contributed by atoms with Crippen molar-refractivity contribution in [3.8, 4) is 0 Å². The van der Waals surface area contributed by atoms with E-state index >= 15 is 0 Å². The van der Waals surface area contributed by atoms with E-state index in [0.29, 0.717) is 13.0 Å². The normalized spacial score (nSPS) is 14.5. The van der Waals surface area contributed by atoms with Crippen LogP contribution in [0.2, 0.25) is 0 Å². The summed E-state index contributed by atoms with van der Waals surface area (Å²) in [6.07, 6.45) is 6.02. The summed E-state index contributed by atoms with van der Waals surface area (Å²) in [4.78, 5) is 25.5. The monoisotopic (exact) mass is 360 g/mol. The smallest absolute Gasteiger partial charge is 0.358 e. The molecule has 0 aliphatic heterocycles. The molecule has 1 aliphatic rings. The summed E-state index contributed by atoms with van der Waals surface area (Å²) in [5, 5.41) is 16.2. The van der Waals surface area contributed by atoms with Crippen LogP contribution in [0.5, 0.6) is 0 Å². The van der Waals surface area contributed by atoms with Crippen molar-refractivity contribution in [3.05, 3.63) is 47.5 Å². The number of aromatic carboxylic acids is 1. The Labute approximate surface area is 150 Å². The second kappa shape index (κ2) is 8.07. The van der Waals surface area contributed by atoms with Gasteiger partial charge in [0.15, 0.2) is 5.69 Å². The van der Waals surface area contributed by atoms with Gasteiger partial charge in [-0.1, -0.05) is 30.2 Å². The van der Waals surface area contributed by atoms with Crippen LogP contribution in [-0.4, -0.2) is 49.5 Å². The van der Waals surface area contributed by atoms with Crippen molar-refractivity contribution in [1.82, 2.24) is 19.9 Å². The molecule has 0 spiro atoms. The topological polar surface area (TPSA) is 88.3 Å². The Morgan fingerprint density at radius 3 is 2.54 bits per heavy atom. The number of aromatic nitrogens is 3. The highest BCUT2D eigenvalue weighted by Gasteiger charge is 2.27. The van der Waals surface area contributed by atoms with E-state index < -0.39 is 5.97 Å². The number of hydrogen-bond donors (Lipinski definition) is 1. The van der Waals surface area contributed by atoms with E-state index in [9.17, 15) is 14.0 Å². The largest absolute Gasteiger partial charge is 0.476 e.